The van der Waals surface area contributed by atoms with Gasteiger partial charge in [0.2, 0.25) is 0 Å². The molecule has 0 unspecified atom stereocenters. The minimum absolute atomic E-state index is 0.288. The van der Waals surface area contributed by atoms with E-state index in [0.717, 1.165) is 6.54 Å². The van der Waals surface area contributed by atoms with Crippen LogP contribution in [0.25, 0.3) is 0 Å². The van der Waals surface area contributed by atoms with Crippen LogP contribution >= 0.6 is 45.2 Å². The lowest BCUT2D eigenvalue weighted by Crippen LogP contribution is -2.19. The van der Waals surface area contributed by atoms with E-state index in [0.29, 0.717) is 0 Å². The van der Waals surface area contributed by atoms with E-state index in [1.54, 1.807) is 0 Å². The predicted molar refractivity (Wildman–Crippen MR) is 73.4 cm³/mol. The lowest BCUT2D eigenvalue weighted by atomic mass is 9.87. The van der Waals surface area contributed by atoms with Gasteiger partial charge in [0.05, 0.1) is 0 Å². The Morgan fingerprint density at radius 3 is 2.69 bits per heavy atom. The molecular formula is C10H11I2N. The highest BCUT2D eigenvalue weighted by atomic mass is 127. The largest absolute Gasteiger partial charge is 0.384 e. The third-order valence-corrected chi connectivity index (χ3v) is 3.93. The van der Waals surface area contributed by atoms with Gasteiger partial charge in [0.25, 0.3) is 0 Å². The number of benzene rings is 1. The molecule has 0 atom stereocenters. The van der Waals surface area contributed by atoms with E-state index in [-0.39, 0.29) is 5.41 Å². The van der Waals surface area contributed by atoms with Gasteiger partial charge in [0.1, 0.15) is 0 Å². The average molecular weight is 399 g/mol. The van der Waals surface area contributed by atoms with Gasteiger partial charge in [0, 0.05) is 24.8 Å². The van der Waals surface area contributed by atoms with Crippen LogP contribution in [0.4, 0.5) is 5.69 Å². The topological polar surface area (TPSA) is 12.0 Å². The van der Waals surface area contributed by atoms with Crippen molar-refractivity contribution in [1.82, 2.24) is 0 Å². The maximum atomic E-state index is 3.46. The molecule has 1 nitrogen and oxygen atoms in total. The zero-order valence-electron chi connectivity index (χ0n) is 7.62. The van der Waals surface area contributed by atoms with Gasteiger partial charge in [-0.25, -0.2) is 0 Å². The highest BCUT2D eigenvalue weighted by Crippen LogP contribution is 2.40. The number of fused-ring (bicyclic) bond motifs is 1. The Hall–Kier alpha value is 0.480. The Morgan fingerprint density at radius 2 is 2.00 bits per heavy atom. The van der Waals surface area contributed by atoms with Crippen molar-refractivity contribution < 1.29 is 0 Å². The van der Waals surface area contributed by atoms with Gasteiger partial charge < -0.3 is 5.32 Å². The summed E-state index contributed by atoms with van der Waals surface area (Å²) in [5.74, 6) is 0. The first-order valence-corrected chi connectivity index (χ1v) is 6.40. The van der Waals surface area contributed by atoms with Crippen LogP contribution in [0, 0.1) is 7.14 Å². The van der Waals surface area contributed by atoms with Crippen molar-refractivity contribution in [3.8, 4) is 0 Å². The molecule has 0 saturated carbocycles. The van der Waals surface area contributed by atoms with Gasteiger partial charge >= 0.3 is 0 Å². The molecule has 70 valence electrons. The second kappa shape index (κ2) is 3.25. The van der Waals surface area contributed by atoms with Crippen LogP contribution in [-0.4, -0.2) is 6.54 Å². The van der Waals surface area contributed by atoms with Gasteiger partial charge in [0.15, 0.2) is 0 Å². The summed E-state index contributed by atoms with van der Waals surface area (Å²) in [6, 6.07) is 4.47. The third kappa shape index (κ3) is 1.69. The van der Waals surface area contributed by atoms with Crippen LogP contribution < -0.4 is 5.32 Å². The zero-order chi connectivity index (χ0) is 9.64. The fourth-order valence-electron chi connectivity index (χ4n) is 1.81. The Kier molecular flexibility index (Phi) is 2.51. The smallest absolute Gasteiger partial charge is 0.0400 e. The second-order valence-electron chi connectivity index (χ2n) is 4.05. The number of hydrogen-bond donors (Lipinski definition) is 1. The number of rotatable bonds is 0. The lowest BCUT2D eigenvalue weighted by molar-refractivity contribution is 0.583. The van der Waals surface area contributed by atoms with Crippen LogP contribution in [-0.2, 0) is 5.41 Å². The Balaban J connectivity index is 2.65. The molecule has 3 heteroatoms. The second-order valence-corrected chi connectivity index (χ2v) is 6.46. The molecule has 1 heterocycles. The molecule has 1 aliphatic heterocycles. The minimum Gasteiger partial charge on any atom is -0.384 e. The number of anilines is 1. The molecule has 0 spiro atoms. The number of hydrogen-bond acceptors (Lipinski definition) is 1. The third-order valence-electron chi connectivity index (χ3n) is 2.45. The molecule has 13 heavy (non-hydrogen) atoms. The van der Waals surface area contributed by atoms with Crippen molar-refractivity contribution >= 4 is 50.9 Å². The molecule has 1 aromatic carbocycles. The molecule has 1 N–H and O–H groups in total. The van der Waals surface area contributed by atoms with Crippen molar-refractivity contribution in [3.63, 3.8) is 0 Å². The van der Waals surface area contributed by atoms with Gasteiger partial charge in [-0.15, -0.1) is 0 Å². The molecule has 1 aliphatic rings. The first-order chi connectivity index (χ1) is 6.00. The van der Waals surface area contributed by atoms with Gasteiger partial charge in [-0.3, -0.25) is 0 Å². The van der Waals surface area contributed by atoms with Crippen LogP contribution in [0.3, 0.4) is 0 Å². The molecule has 0 aromatic heterocycles. The zero-order valence-corrected chi connectivity index (χ0v) is 11.9. The Morgan fingerprint density at radius 1 is 1.31 bits per heavy atom. The summed E-state index contributed by atoms with van der Waals surface area (Å²) in [5.41, 5.74) is 3.09. The molecule has 0 bridgehead atoms. The summed E-state index contributed by atoms with van der Waals surface area (Å²) in [4.78, 5) is 0. The Bertz CT molecular complexity index is 358. The van der Waals surface area contributed by atoms with Gasteiger partial charge in [-0.1, -0.05) is 13.8 Å². The molecular weight excluding hydrogens is 388 g/mol. The van der Waals surface area contributed by atoms with E-state index >= 15 is 0 Å². The quantitative estimate of drug-likeness (QED) is 0.658. The van der Waals surface area contributed by atoms with E-state index in [1.807, 2.05) is 0 Å². The maximum Gasteiger partial charge on any atom is 0.0400 e. The summed E-state index contributed by atoms with van der Waals surface area (Å²) in [6.07, 6.45) is 0. The maximum absolute atomic E-state index is 3.46. The lowest BCUT2D eigenvalue weighted by Gasteiger charge is -2.18. The average Bonchev–Trinajstić information content (AvgIpc) is 2.26. The SMILES string of the molecule is CC1(C)CNc2cc(I)cc(I)c21. The summed E-state index contributed by atoms with van der Waals surface area (Å²) in [6.45, 7) is 5.64. The molecule has 2 rings (SSSR count). The Labute approximate surface area is 106 Å². The summed E-state index contributed by atoms with van der Waals surface area (Å²) < 4.78 is 2.69. The van der Waals surface area contributed by atoms with E-state index in [9.17, 15) is 0 Å². The summed E-state index contributed by atoms with van der Waals surface area (Å²) in [5, 5.41) is 3.46. The van der Waals surface area contributed by atoms with E-state index in [4.69, 9.17) is 0 Å². The first-order valence-electron chi connectivity index (χ1n) is 4.24. The van der Waals surface area contributed by atoms with E-state index in [1.165, 1.54) is 18.4 Å². The summed E-state index contributed by atoms with van der Waals surface area (Å²) in [7, 11) is 0. The predicted octanol–water partition coefficient (Wildman–Crippen LogP) is 3.60. The van der Waals surface area contributed by atoms with Crippen LogP contribution in [0.5, 0.6) is 0 Å². The highest BCUT2D eigenvalue weighted by Gasteiger charge is 2.31. The van der Waals surface area contributed by atoms with Gasteiger partial charge in [-0.2, -0.15) is 0 Å². The van der Waals surface area contributed by atoms with Crippen molar-refractivity contribution in [1.29, 1.82) is 0 Å². The summed E-state index contributed by atoms with van der Waals surface area (Å²) >= 11 is 4.80. The standard InChI is InChI=1S/C10H11I2N/c1-10(2)5-13-8-4-6(11)3-7(12)9(8)10/h3-4,13H,5H2,1-2H3. The van der Waals surface area contributed by atoms with Crippen molar-refractivity contribution in [3.05, 3.63) is 24.8 Å². The number of nitrogens with one attached hydrogen (secondary N) is 1. The first kappa shape index (κ1) is 10.0. The van der Waals surface area contributed by atoms with Crippen molar-refractivity contribution in [2.45, 2.75) is 19.3 Å². The fraction of sp³-hybridized carbons (Fsp3) is 0.400. The molecule has 0 fully saturated rings. The molecule has 0 saturated heterocycles. The van der Waals surface area contributed by atoms with Crippen LogP contribution in [0.1, 0.15) is 19.4 Å². The van der Waals surface area contributed by atoms with Gasteiger partial charge in [-0.05, 0) is 62.9 Å². The monoisotopic (exact) mass is 399 g/mol. The fourth-order valence-corrected chi connectivity index (χ4v) is 4.38. The van der Waals surface area contributed by atoms with Crippen molar-refractivity contribution in [2.75, 3.05) is 11.9 Å². The van der Waals surface area contributed by atoms with Crippen LogP contribution in [0.2, 0.25) is 0 Å². The molecule has 0 aliphatic carbocycles. The number of halogens is 2. The normalized spacial score (nSPS) is 18.2. The molecule has 0 amide bonds. The molecule has 1 aromatic rings. The van der Waals surface area contributed by atoms with Crippen molar-refractivity contribution in [2.24, 2.45) is 0 Å². The molecule has 0 radical (unpaired) electrons. The van der Waals surface area contributed by atoms with E-state index < -0.39 is 0 Å². The van der Waals surface area contributed by atoms with E-state index in [2.05, 4.69) is 76.5 Å². The van der Waals surface area contributed by atoms with Crippen LogP contribution in [0.15, 0.2) is 12.1 Å². The highest BCUT2D eigenvalue weighted by molar-refractivity contribution is 14.1. The minimum atomic E-state index is 0.288.